The van der Waals surface area contributed by atoms with E-state index in [-0.39, 0.29) is 18.0 Å². The van der Waals surface area contributed by atoms with Gasteiger partial charge in [-0.3, -0.25) is 9.59 Å². The second kappa shape index (κ2) is 3.58. The molecule has 6 nitrogen and oxygen atoms in total. The highest BCUT2D eigenvalue weighted by Crippen LogP contribution is 2.55. The second-order valence-corrected chi connectivity index (χ2v) is 5.43. The minimum absolute atomic E-state index is 0.0491. The topological polar surface area (TPSA) is 65.1 Å². The highest BCUT2D eigenvalue weighted by atomic mass is 16.6. The Labute approximate surface area is 110 Å². The third-order valence-electron chi connectivity index (χ3n) is 4.60. The number of carbonyl (C=O) groups is 2. The molecule has 0 N–H and O–H groups in total. The van der Waals surface area contributed by atoms with Gasteiger partial charge in [0.25, 0.3) is 0 Å². The van der Waals surface area contributed by atoms with Crippen molar-refractivity contribution < 1.29 is 23.8 Å². The van der Waals surface area contributed by atoms with Crippen molar-refractivity contribution in [3.8, 4) is 0 Å². The van der Waals surface area contributed by atoms with E-state index >= 15 is 0 Å². The molecule has 4 heterocycles. The molecule has 19 heavy (non-hydrogen) atoms. The van der Waals surface area contributed by atoms with Crippen LogP contribution >= 0.6 is 0 Å². The summed E-state index contributed by atoms with van der Waals surface area (Å²) in [7, 11) is 1.34. The summed E-state index contributed by atoms with van der Waals surface area (Å²) in [5.74, 6) is -1.48. The number of ether oxygens (including phenoxy) is 3. The molecule has 0 aromatic rings. The van der Waals surface area contributed by atoms with E-state index in [1.165, 1.54) is 7.11 Å². The standard InChI is InChI=1S/C13H15NO5/c1-17-11(16)8-7-3-4-13(19-7)9(8)10(15)14-5-2-6-18-12(13)14/h3-4,7-9,12H,2,5-6H2,1H3/t7-,8-,9+,12-,13+/m1/s1. The number of fused-ring (bicyclic) bond motifs is 2. The molecule has 0 aliphatic carbocycles. The van der Waals surface area contributed by atoms with Crippen LogP contribution in [-0.4, -0.2) is 55.0 Å². The molecule has 102 valence electrons. The number of nitrogens with zero attached hydrogens (tertiary/aromatic N) is 1. The zero-order valence-corrected chi connectivity index (χ0v) is 10.6. The molecule has 1 spiro atoms. The Morgan fingerprint density at radius 2 is 2.42 bits per heavy atom. The van der Waals surface area contributed by atoms with Gasteiger partial charge in [0.15, 0.2) is 6.23 Å². The van der Waals surface area contributed by atoms with Crippen molar-refractivity contribution >= 4 is 11.9 Å². The van der Waals surface area contributed by atoms with Gasteiger partial charge in [0.1, 0.15) is 11.5 Å². The number of hydrogen-bond donors (Lipinski definition) is 0. The lowest BCUT2D eigenvalue weighted by atomic mass is 9.76. The Balaban J connectivity index is 1.79. The number of amides is 1. The maximum Gasteiger partial charge on any atom is 0.312 e. The van der Waals surface area contributed by atoms with Crippen LogP contribution in [0.1, 0.15) is 6.42 Å². The molecular formula is C13H15NO5. The van der Waals surface area contributed by atoms with E-state index in [1.807, 2.05) is 12.2 Å². The SMILES string of the molecule is COC(=O)[C@H]1[C@H]2C(=O)N3CCCO[C@@H]3[C@]23C=C[C@H]1O3. The Morgan fingerprint density at radius 3 is 3.21 bits per heavy atom. The van der Waals surface area contributed by atoms with E-state index < -0.39 is 23.7 Å². The van der Waals surface area contributed by atoms with Gasteiger partial charge in [-0.25, -0.2) is 0 Å². The van der Waals surface area contributed by atoms with Gasteiger partial charge in [-0.15, -0.1) is 0 Å². The second-order valence-electron chi connectivity index (χ2n) is 5.43. The van der Waals surface area contributed by atoms with Gasteiger partial charge in [0.2, 0.25) is 5.91 Å². The first-order valence-corrected chi connectivity index (χ1v) is 6.56. The highest BCUT2D eigenvalue weighted by Gasteiger charge is 2.72. The molecule has 4 aliphatic heterocycles. The van der Waals surface area contributed by atoms with Gasteiger partial charge in [-0.05, 0) is 12.5 Å². The summed E-state index contributed by atoms with van der Waals surface area (Å²) in [5, 5.41) is 0. The minimum Gasteiger partial charge on any atom is -0.469 e. The third kappa shape index (κ3) is 1.19. The first-order valence-electron chi connectivity index (χ1n) is 6.56. The smallest absolute Gasteiger partial charge is 0.312 e. The lowest BCUT2D eigenvalue weighted by Crippen LogP contribution is -2.49. The fourth-order valence-corrected chi connectivity index (χ4v) is 3.86. The van der Waals surface area contributed by atoms with Gasteiger partial charge in [0.05, 0.1) is 25.7 Å². The maximum atomic E-state index is 12.6. The molecule has 4 rings (SSSR count). The number of methoxy groups -OCH3 is 1. The molecule has 3 saturated heterocycles. The molecule has 0 aromatic heterocycles. The van der Waals surface area contributed by atoms with Crippen molar-refractivity contribution in [3.63, 3.8) is 0 Å². The summed E-state index contributed by atoms with van der Waals surface area (Å²) in [5.41, 5.74) is -0.791. The van der Waals surface area contributed by atoms with Crippen LogP contribution in [0.15, 0.2) is 12.2 Å². The van der Waals surface area contributed by atoms with Crippen LogP contribution in [0.25, 0.3) is 0 Å². The predicted octanol–water partition coefficient (Wildman–Crippen LogP) is -0.312. The van der Waals surface area contributed by atoms with Crippen LogP contribution in [0, 0.1) is 11.8 Å². The average Bonchev–Trinajstić information content (AvgIpc) is 3.08. The van der Waals surface area contributed by atoms with Crippen LogP contribution in [0.5, 0.6) is 0 Å². The van der Waals surface area contributed by atoms with Crippen LogP contribution < -0.4 is 0 Å². The summed E-state index contributed by atoms with van der Waals surface area (Å²) < 4.78 is 16.5. The molecular weight excluding hydrogens is 250 g/mol. The van der Waals surface area contributed by atoms with Gasteiger partial charge < -0.3 is 19.1 Å². The lowest BCUT2D eigenvalue weighted by molar-refractivity contribution is -0.168. The fraction of sp³-hybridized carbons (Fsp3) is 0.692. The molecule has 0 radical (unpaired) electrons. The van der Waals surface area contributed by atoms with E-state index in [0.717, 1.165) is 6.42 Å². The van der Waals surface area contributed by atoms with Gasteiger partial charge >= 0.3 is 5.97 Å². The molecule has 3 fully saturated rings. The zero-order chi connectivity index (χ0) is 13.2. The van der Waals surface area contributed by atoms with Crippen molar-refractivity contribution in [2.45, 2.75) is 24.4 Å². The number of hydrogen-bond acceptors (Lipinski definition) is 5. The third-order valence-corrected chi connectivity index (χ3v) is 4.60. The van der Waals surface area contributed by atoms with E-state index in [4.69, 9.17) is 14.2 Å². The largest absolute Gasteiger partial charge is 0.469 e. The van der Waals surface area contributed by atoms with E-state index in [0.29, 0.717) is 13.2 Å². The number of esters is 1. The molecule has 4 aliphatic rings. The van der Waals surface area contributed by atoms with Gasteiger partial charge in [-0.2, -0.15) is 0 Å². The van der Waals surface area contributed by atoms with E-state index in [9.17, 15) is 9.59 Å². The summed E-state index contributed by atoms with van der Waals surface area (Å²) in [6, 6.07) is 0. The van der Waals surface area contributed by atoms with Crippen molar-refractivity contribution in [2.24, 2.45) is 11.8 Å². The van der Waals surface area contributed by atoms with Crippen LogP contribution in [0.2, 0.25) is 0 Å². The average molecular weight is 265 g/mol. The van der Waals surface area contributed by atoms with Crippen LogP contribution in [0.3, 0.4) is 0 Å². The van der Waals surface area contributed by atoms with Gasteiger partial charge in [0, 0.05) is 6.54 Å². The van der Waals surface area contributed by atoms with E-state index in [1.54, 1.807) is 4.90 Å². The quantitative estimate of drug-likeness (QED) is 0.480. The molecule has 2 bridgehead atoms. The molecule has 6 heteroatoms. The number of rotatable bonds is 1. The van der Waals surface area contributed by atoms with Crippen molar-refractivity contribution in [1.29, 1.82) is 0 Å². The Morgan fingerprint density at radius 1 is 1.58 bits per heavy atom. The summed E-state index contributed by atoms with van der Waals surface area (Å²) in [4.78, 5) is 26.2. The van der Waals surface area contributed by atoms with Crippen LogP contribution in [-0.2, 0) is 23.8 Å². The Bertz CT molecular complexity index is 489. The van der Waals surface area contributed by atoms with Gasteiger partial charge in [-0.1, -0.05) is 6.08 Å². The van der Waals surface area contributed by atoms with Crippen LogP contribution in [0.4, 0.5) is 0 Å². The first kappa shape index (κ1) is 11.4. The molecule has 0 saturated carbocycles. The Kier molecular flexibility index (Phi) is 2.15. The molecule has 1 amide bonds. The van der Waals surface area contributed by atoms with Crippen molar-refractivity contribution in [1.82, 2.24) is 4.90 Å². The summed E-state index contributed by atoms with van der Waals surface area (Å²) in [6.45, 7) is 1.28. The molecule has 0 unspecified atom stereocenters. The number of carbonyl (C=O) groups excluding carboxylic acids is 2. The lowest BCUT2D eigenvalue weighted by Gasteiger charge is -2.36. The van der Waals surface area contributed by atoms with Crippen molar-refractivity contribution in [2.75, 3.05) is 20.3 Å². The normalized spacial score (nSPS) is 46.4. The van der Waals surface area contributed by atoms with Crippen molar-refractivity contribution in [3.05, 3.63) is 12.2 Å². The monoisotopic (exact) mass is 265 g/mol. The Hall–Kier alpha value is -1.40. The summed E-state index contributed by atoms with van der Waals surface area (Å²) in [6.07, 6.45) is 3.81. The molecule has 5 atom stereocenters. The fourth-order valence-electron chi connectivity index (χ4n) is 3.86. The summed E-state index contributed by atoms with van der Waals surface area (Å²) >= 11 is 0. The molecule has 0 aromatic carbocycles. The minimum atomic E-state index is -0.791. The van der Waals surface area contributed by atoms with E-state index in [2.05, 4.69) is 0 Å². The predicted molar refractivity (Wildman–Crippen MR) is 61.8 cm³/mol. The highest BCUT2D eigenvalue weighted by molar-refractivity contribution is 5.91. The maximum absolute atomic E-state index is 12.6. The zero-order valence-electron chi connectivity index (χ0n) is 10.6. The first-order chi connectivity index (χ1) is 9.19.